The minimum Gasteiger partial charge on any atom is -0.494 e. The number of carbonyl (C=O) groups is 1. The third kappa shape index (κ3) is 6.40. The highest BCUT2D eigenvalue weighted by atomic mass is 16.6. The number of hydrogen-bond acceptors (Lipinski definition) is 6. The molecule has 1 N–H and O–H groups in total. The van der Waals surface area contributed by atoms with Gasteiger partial charge in [-0.05, 0) is 78.7 Å². The molecule has 158 valence electrons. The summed E-state index contributed by atoms with van der Waals surface area (Å²) in [5.74, 6) is 1.04. The summed E-state index contributed by atoms with van der Waals surface area (Å²) in [6.45, 7) is 2.76. The summed E-state index contributed by atoms with van der Waals surface area (Å²) in [4.78, 5) is 22.4. The second kappa shape index (κ2) is 10.5. The van der Waals surface area contributed by atoms with Crippen LogP contribution < -0.4 is 14.9 Å². The number of nitro benzene ring substituents is 1. The number of ether oxygens (including phenoxy) is 2. The molecule has 8 heteroatoms. The number of carbonyl (C=O) groups excluding carboxylic acids is 1. The number of hydrogen-bond donors (Lipinski definition) is 1. The molecule has 0 saturated heterocycles. The molecule has 3 rings (SSSR count). The molecule has 1 amide bonds. The summed E-state index contributed by atoms with van der Waals surface area (Å²) in [6.07, 6.45) is 1.53. The molecule has 0 fully saturated rings. The summed E-state index contributed by atoms with van der Waals surface area (Å²) in [7, 11) is 0. The zero-order valence-electron chi connectivity index (χ0n) is 16.9. The number of benzene rings is 3. The van der Waals surface area contributed by atoms with Gasteiger partial charge in [-0.15, -0.1) is 0 Å². The molecule has 3 aromatic rings. The van der Waals surface area contributed by atoms with E-state index >= 15 is 0 Å². The fraction of sp³-hybridized carbons (Fsp3) is 0.130. The SMILES string of the molecule is CCOc1ccc(C(=O)N/N=C/c2ccc(OCc3ccc([N+](=O)[O-])cc3)cc2)cc1. The first-order valence-corrected chi connectivity index (χ1v) is 9.57. The van der Waals surface area contributed by atoms with Crippen LogP contribution in [-0.2, 0) is 6.61 Å². The van der Waals surface area contributed by atoms with Crippen molar-refractivity contribution in [3.8, 4) is 11.5 Å². The topological polar surface area (TPSA) is 103 Å². The van der Waals surface area contributed by atoms with E-state index in [4.69, 9.17) is 9.47 Å². The van der Waals surface area contributed by atoms with Gasteiger partial charge in [-0.25, -0.2) is 5.43 Å². The molecule has 0 radical (unpaired) electrons. The third-order valence-electron chi connectivity index (χ3n) is 4.24. The normalized spacial score (nSPS) is 10.6. The Morgan fingerprint density at radius 3 is 2.19 bits per heavy atom. The van der Waals surface area contributed by atoms with Crippen molar-refractivity contribution in [3.05, 3.63) is 99.6 Å². The lowest BCUT2D eigenvalue weighted by atomic mass is 10.2. The number of non-ortho nitro benzene ring substituents is 1. The fourth-order valence-electron chi connectivity index (χ4n) is 2.63. The smallest absolute Gasteiger partial charge is 0.271 e. The molecule has 0 spiro atoms. The fourth-order valence-corrected chi connectivity index (χ4v) is 2.63. The van der Waals surface area contributed by atoms with Gasteiger partial charge in [0, 0.05) is 17.7 Å². The molecule has 0 atom stereocenters. The predicted octanol–water partition coefficient (Wildman–Crippen LogP) is 4.34. The van der Waals surface area contributed by atoms with E-state index < -0.39 is 4.92 Å². The van der Waals surface area contributed by atoms with Gasteiger partial charge in [0.15, 0.2) is 0 Å². The van der Waals surface area contributed by atoms with Gasteiger partial charge in [0.05, 0.1) is 17.7 Å². The summed E-state index contributed by atoms with van der Waals surface area (Å²) in [5, 5.41) is 14.6. The minimum atomic E-state index is -0.439. The van der Waals surface area contributed by atoms with Crippen molar-refractivity contribution in [1.29, 1.82) is 0 Å². The Bertz CT molecular complexity index is 1050. The van der Waals surface area contributed by atoms with Gasteiger partial charge in [-0.3, -0.25) is 14.9 Å². The number of nitrogens with zero attached hydrogens (tertiary/aromatic N) is 2. The van der Waals surface area contributed by atoms with Crippen LogP contribution in [0, 0.1) is 10.1 Å². The zero-order valence-corrected chi connectivity index (χ0v) is 16.9. The Labute approximate surface area is 179 Å². The maximum atomic E-state index is 12.1. The lowest BCUT2D eigenvalue weighted by Crippen LogP contribution is -2.17. The predicted molar refractivity (Wildman–Crippen MR) is 117 cm³/mol. The van der Waals surface area contributed by atoms with Crippen molar-refractivity contribution in [2.75, 3.05) is 6.61 Å². The standard InChI is InChI=1S/C23H21N3O5/c1-2-30-21-13-7-19(8-14-21)23(27)25-24-15-17-5-11-22(12-6-17)31-16-18-3-9-20(10-4-18)26(28)29/h3-15H,2,16H2,1H3,(H,25,27)/b24-15+. The van der Waals surface area contributed by atoms with Crippen LogP contribution in [0.15, 0.2) is 77.9 Å². The summed E-state index contributed by atoms with van der Waals surface area (Å²) in [5.41, 5.74) is 4.62. The first kappa shape index (κ1) is 21.5. The van der Waals surface area contributed by atoms with E-state index in [1.54, 1.807) is 60.7 Å². The highest BCUT2D eigenvalue weighted by Crippen LogP contribution is 2.16. The molecule has 0 unspecified atom stereocenters. The van der Waals surface area contributed by atoms with Crippen LogP contribution in [0.3, 0.4) is 0 Å². The van der Waals surface area contributed by atoms with E-state index in [1.165, 1.54) is 18.3 Å². The van der Waals surface area contributed by atoms with E-state index in [1.807, 2.05) is 6.92 Å². The first-order valence-electron chi connectivity index (χ1n) is 9.57. The molecule has 3 aromatic carbocycles. The molecule has 0 aliphatic rings. The molecule has 31 heavy (non-hydrogen) atoms. The third-order valence-corrected chi connectivity index (χ3v) is 4.24. The Kier molecular flexibility index (Phi) is 7.31. The number of amides is 1. The average molecular weight is 419 g/mol. The van der Waals surface area contributed by atoms with Gasteiger partial charge in [-0.1, -0.05) is 0 Å². The highest BCUT2D eigenvalue weighted by molar-refractivity contribution is 5.95. The van der Waals surface area contributed by atoms with E-state index in [9.17, 15) is 14.9 Å². The number of nitrogens with one attached hydrogen (secondary N) is 1. The van der Waals surface area contributed by atoms with E-state index in [0.29, 0.717) is 30.3 Å². The lowest BCUT2D eigenvalue weighted by molar-refractivity contribution is -0.384. The number of nitro groups is 1. The summed E-state index contributed by atoms with van der Waals surface area (Å²) in [6, 6.07) is 20.2. The van der Waals surface area contributed by atoms with Gasteiger partial charge in [-0.2, -0.15) is 5.10 Å². The van der Waals surface area contributed by atoms with Gasteiger partial charge in [0.2, 0.25) is 0 Å². The van der Waals surface area contributed by atoms with Crippen LogP contribution >= 0.6 is 0 Å². The average Bonchev–Trinajstić information content (AvgIpc) is 2.79. The Hall–Kier alpha value is -4.20. The molecular weight excluding hydrogens is 398 g/mol. The van der Waals surface area contributed by atoms with Crippen LogP contribution in [0.1, 0.15) is 28.4 Å². The van der Waals surface area contributed by atoms with E-state index in [-0.39, 0.29) is 11.6 Å². The Balaban J connectivity index is 1.48. The van der Waals surface area contributed by atoms with Crippen molar-refractivity contribution in [2.24, 2.45) is 5.10 Å². The summed E-state index contributed by atoms with van der Waals surface area (Å²) >= 11 is 0. The monoisotopic (exact) mass is 419 g/mol. The van der Waals surface area contributed by atoms with Crippen LogP contribution in [-0.4, -0.2) is 23.7 Å². The number of hydrazone groups is 1. The van der Waals surface area contributed by atoms with Crippen molar-refractivity contribution < 1.29 is 19.2 Å². The van der Waals surface area contributed by atoms with Gasteiger partial charge < -0.3 is 9.47 Å². The quantitative estimate of drug-likeness (QED) is 0.316. The van der Waals surface area contributed by atoms with E-state index in [2.05, 4.69) is 10.5 Å². The highest BCUT2D eigenvalue weighted by Gasteiger charge is 2.05. The van der Waals surface area contributed by atoms with Crippen LogP contribution in [0.25, 0.3) is 0 Å². The lowest BCUT2D eigenvalue weighted by Gasteiger charge is -2.06. The van der Waals surface area contributed by atoms with Gasteiger partial charge >= 0.3 is 0 Å². The molecule has 0 bridgehead atoms. The first-order chi connectivity index (χ1) is 15.0. The van der Waals surface area contributed by atoms with Crippen molar-refractivity contribution in [3.63, 3.8) is 0 Å². The molecule has 0 aliphatic carbocycles. The van der Waals surface area contributed by atoms with Crippen molar-refractivity contribution >= 4 is 17.8 Å². The maximum Gasteiger partial charge on any atom is 0.271 e. The molecule has 0 aliphatic heterocycles. The molecular formula is C23H21N3O5. The largest absolute Gasteiger partial charge is 0.494 e. The second-order valence-corrected chi connectivity index (χ2v) is 6.44. The second-order valence-electron chi connectivity index (χ2n) is 6.44. The van der Waals surface area contributed by atoms with Crippen molar-refractivity contribution in [1.82, 2.24) is 5.43 Å². The van der Waals surface area contributed by atoms with Crippen LogP contribution in [0.2, 0.25) is 0 Å². The molecule has 0 heterocycles. The number of rotatable bonds is 9. The van der Waals surface area contributed by atoms with Gasteiger partial charge in [0.25, 0.3) is 11.6 Å². The van der Waals surface area contributed by atoms with E-state index in [0.717, 1.165) is 11.1 Å². The molecule has 0 aromatic heterocycles. The van der Waals surface area contributed by atoms with Crippen LogP contribution in [0.4, 0.5) is 5.69 Å². The van der Waals surface area contributed by atoms with Crippen molar-refractivity contribution in [2.45, 2.75) is 13.5 Å². The van der Waals surface area contributed by atoms with Crippen LogP contribution in [0.5, 0.6) is 11.5 Å². The molecule has 8 nitrogen and oxygen atoms in total. The molecule has 0 saturated carbocycles. The Morgan fingerprint density at radius 2 is 1.58 bits per heavy atom. The van der Waals surface area contributed by atoms with Gasteiger partial charge in [0.1, 0.15) is 18.1 Å². The summed E-state index contributed by atoms with van der Waals surface area (Å²) < 4.78 is 11.0. The maximum absolute atomic E-state index is 12.1. The minimum absolute atomic E-state index is 0.0435. The zero-order chi connectivity index (χ0) is 22.1. The Morgan fingerprint density at radius 1 is 0.968 bits per heavy atom.